The van der Waals surface area contributed by atoms with Crippen LogP contribution in [0.5, 0.6) is 11.5 Å². The lowest BCUT2D eigenvalue weighted by molar-refractivity contribution is -0.111. The van der Waals surface area contributed by atoms with Crippen LogP contribution in [0, 0.1) is 13.8 Å². The second-order valence-electron chi connectivity index (χ2n) is 7.62. The first kappa shape index (κ1) is 22.8. The van der Waals surface area contributed by atoms with Crippen molar-refractivity contribution in [2.45, 2.75) is 20.5 Å². The summed E-state index contributed by atoms with van der Waals surface area (Å²) in [7, 11) is 1.57. The number of benzene rings is 2. The Balaban J connectivity index is 1.37. The zero-order chi connectivity index (χ0) is 23.9. The molecular formula is C27H25N3O4. The average Bonchev–Trinajstić information content (AvgIpc) is 3.19. The highest BCUT2D eigenvalue weighted by molar-refractivity contribution is 6.01. The standard InChI is InChI=1S/C27H25N3O4/c1-18-23(19(2)34-30-18)17-33-24-12-9-20(15-25(24)32-3)10-14-27(31)29-26-13-11-22(16-28-26)21-7-5-4-6-8-21/h4-16H,17H2,1-3H3,(H,28,29,31)/b14-10+. The van der Waals surface area contributed by atoms with Crippen molar-refractivity contribution in [1.82, 2.24) is 10.1 Å². The van der Waals surface area contributed by atoms with Gasteiger partial charge in [-0.1, -0.05) is 41.6 Å². The molecule has 2 aromatic heterocycles. The van der Waals surface area contributed by atoms with Crippen LogP contribution in [0.3, 0.4) is 0 Å². The van der Waals surface area contributed by atoms with Crippen LogP contribution in [-0.4, -0.2) is 23.2 Å². The van der Waals surface area contributed by atoms with E-state index in [9.17, 15) is 4.79 Å². The predicted octanol–water partition coefficient (Wildman–Crippen LogP) is 5.59. The van der Waals surface area contributed by atoms with E-state index in [2.05, 4.69) is 15.5 Å². The maximum atomic E-state index is 12.4. The number of aryl methyl sites for hydroxylation is 2. The van der Waals surface area contributed by atoms with Gasteiger partial charge in [-0.3, -0.25) is 4.79 Å². The van der Waals surface area contributed by atoms with Gasteiger partial charge in [0.15, 0.2) is 11.5 Å². The molecule has 172 valence electrons. The van der Waals surface area contributed by atoms with Crippen LogP contribution in [0.25, 0.3) is 17.2 Å². The monoisotopic (exact) mass is 455 g/mol. The highest BCUT2D eigenvalue weighted by Crippen LogP contribution is 2.30. The smallest absolute Gasteiger partial charge is 0.249 e. The van der Waals surface area contributed by atoms with Crippen molar-refractivity contribution in [1.29, 1.82) is 0 Å². The van der Waals surface area contributed by atoms with E-state index in [-0.39, 0.29) is 5.91 Å². The summed E-state index contributed by atoms with van der Waals surface area (Å²) in [5, 5.41) is 6.71. The van der Waals surface area contributed by atoms with Gasteiger partial charge < -0.3 is 19.3 Å². The number of nitrogens with zero attached hydrogens (tertiary/aromatic N) is 2. The van der Waals surface area contributed by atoms with Gasteiger partial charge in [0.2, 0.25) is 5.91 Å². The van der Waals surface area contributed by atoms with Gasteiger partial charge in [-0.25, -0.2) is 4.98 Å². The second-order valence-corrected chi connectivity index (χ2v) is 7.62. The molecule has 4 rings (SSSR count). The van der Waals surface area contributed by atoms with E-state index in [0.29, 0.717) is 23.9 Å². The van der Waals surface area contributed by atoms with Crippen molar-refractivity contribution >= 4 is 17.8 Å². The van der Waals surface area contributed by atoms with Crippen LogP contribution in [0.2, 0.25) is 0 Å². The van der Waals surface area contributed by atoms with Gasteiger partial charge in [0.25, 0.3) is 0 Å². The number of nitrogens with one attached hydrogen (secondary N) is 1. The number of methoxy groups -OCH3 is 1. The summed E-state index contributed by atoms with van der Waals surface area (Å²) in [5.41, 5.74) is 4.56. The minimum atomic E-state index is -0.280. The highest BCUT2D eigenvalue weighted by atomic mass is 16.5. The largest absolute Gasteiger partial charge is 0.493 e. The van der Waals surface area contributed by atoms with E-state index in [4.69, 9.17) is 14.0 Å². The van der Waals surface area contributed by atoms with Crippen molar-refractivity contribution in [3.63, 3.8) is 0 Å². The quantitative estimate of drug-likeness (QED) is 0.349. The Hall–Kier alpha value is -4.39. The zero-order valence-corrected chi connectivity index (χ0v) is 19.2. The summed E-state index contributed by atoms with van der Waals surface area (Å²) < 4.78 is 16.5. The number of ether oxygens (including phenoxy) is 2. The fourth-order valence-corrected chi connectivity index (χ4v) is 3.37. The van der Waals surface area contributed by atoms with Crippen LogP contribution in [0.1, 0.15) is 22.6 Å². The van der Waals surface area contributed by atoms with E-state index in [1.54, 1.807) is 37.6 Å². The van der Waals surface area contributed by atoms with Crippen molar-refractivity contribution in [2.75, 3.05) is 12.4 Å². The summed E-state index contributed by atoms with van der Waals surface area (Å²) in [4.78, 5) is 16.7. The van der Waals surface area contributed by atoms with E-state index in [1.807, 2.05) is 56.3 Å². The molecule has 0 radical (unpaired) electrons. The van der Waals surface area contributed by atoms with Crippen LogP contribution in [0.15, 0.2) is 77.5 Å². The van der Waals surface area contributed by atoms with E-state index in [0.717, 1.165) is 33.7 Å². The molecule has 2 heterocycles. The number of hydrogen-bond acceptors (Lipinski definition) is 6. The third kappa shape index (κ3) is 5.50. The number of carbonyl (C=O) groups excluding carboxylic acids is 1. The molecule has 7 nitrogen and oxygen atoms in total. The number of aromatic nitrogens is 2. The minimum Gasteiger partial charge on any atom is -0.493 e. The van der Waals surface area contributed by atoms with E-state index < -0.39 is 0 Å². The second kappa shape index (κ2) is 10.5. The van der Waals surface area contributed by atoms with Gasteiger partial charge >= 0.3 is 0 Å². The fraction of sp³-hybridized carbons (Fsp3) is 0.148. The summed E-state index contributed by atoms with van der Waals surface area (Å²) >= 11 is 0. The molecule has 0 saturated heterocycles. The van der Waals surface area contributed by atoms with Crippen LogP contribution in [0.4, 0.5) is 5.82 Å². The Morgan fingerprint density at radius 3 is 2.53 bits per heavy atom. The van der Waals surface area contributed by atoms with E-state index >= 15 is 0 Å². The number of hydrogen-bond donors (Lipinski definition) is 1. The molecule has 1 N–H and O–H groups in total. The summed E-state index contributed by atoms with van der Waals surface area (Å²) in [6.45, 7) is 4.05. The van der Waals surface area contributed by atoms with Gasteiger partial charge in [0.05, 0.1) is 18.4 Å². The molecule has 0 atom stereocenters. The van der Waals surface area contributed by atoms with E-state index in [1.165, 1.54) is 6.08 Å². The van der Waals surface area contributed by atoms with Crippen LogP contribution in [-0.2, 0) is 11.4 Å². The SMILES string of the molecule is COc1cc(/C=C/C(=O)Nc2ccc(-c3ccccc3)cn2)ccc1OCc1c(C)noc1C. The minimum absolute atomic E-state index is 0.280. The van der Waals surface area contributed by atoms with Gasteiger partial charge in [0.1, 0.15) is 18.2 Å². The molecular weight excluding hydrogens is 430 g/mol. The number of carbonyl (C=O) groups is 1. The molecule has 34 heavy (non-hydrogen) atoms. The Morgan fingerprint density at radius 2 is 1.85 bits per heavy atom. The van der Waals surface area contributed by atoms with Crippen LogP contribution >= 0.6 is 0 Å². The molecule has 0 aliphatic rings. The fourth-order valence-electron chi connectivity index (χ4n) is 3.37. The first-order valence-electron chi connectivity index (χ1n) is 10.8. The lowest BCUT2D eigenvalue weighted by atomic mass is 10.1. The van der Waals surface area contributed by atoms with Crippen molar-refractivity contribution < 1.29 is 18.8 Å². The van der Waals surface area contributed by atoms with Crippen molar-refractivity contribution in [2.24, 2.45) is 0 Å². The highest BCUT2D eigenvalue weighted by Gasteiger charge is 2.12. The average molecular weight is 456 g/mol. The number of anilines is 1. The molecule has 0 fully saturated rings. The van der Waals surface area contributed by atoms with Gasteiger partial charge in [-0.2, -0.15) is 0 Å². The zero-order valence-electron chi connectivity index (χ0n) is 19.2. The molecule has 0 aliphatic heterocycles. The number of rotatable bonds is 8. The maximum absolute atomic E-state index is 12.4. The molecule has 0 spiro atoms. The lowest BCUT2D eigenvalue weighted by Gasteiger charge is -2.11. The Kier molecular flexibility index (Phi) is 7.03. The van der Waals surface area contributed by atoms with Gasteiger partial charge in [0, 0.05) is 17.8 Å². The van der Waals surface area contributed by atoms with Gasteiger partial charge in [-0.05, 0) is 55.3 Å². The number of pyridine rings is 1. The Labute approximate surface area is 198 Å². The molecule has 2 aromatic carbocycles. The number of amides is 1. The molecule has 0 aliphatic carbocycles. The third-order valence-corrected chi connectivity index (χ3v) is 5.29. The summed E-state index contributed by atoms with van der Waals surface area (Å²) in [6.07, 6.45) is 4.89. The van der Waals surface area contributed by atoms with Crippen LogP contribution < -0.4 is 14.8 Å². The molecule has 0 saturated carbocycles. The lowest BCUT2D eigenvalue weighted by Crippen LogP contribution is -2.08. The summed E-state index contributed by atoms with van der Waals surface area (Å²) in [6, 6.07) is 19.1. The molecule has 4 aromatic rings. The predicted molar refractivity (Wildman–Crippen MR) is 131 cm³/mol. The normalized spacial score (nSPS) is 10.9. The molecule has 7 heteroatoms. The summed E-state index contributed by atoms with van der Waals surface area (Å²) in [5.74, 6) is 2.08. The Morgan fingerprint density at radius 1 is 1.03 bits per heavy atom. The molecule has 0 unspecified atom stereocenters. The first-order chi connectivity index (χ1) is 16.5. The van der Waals surface area contributed by atoms with Crippen molar-refractivity contribution in [3.8, 4) is 22.6 Å². The first-order valence-corrected chi connectivity index (χ1v) is 10.8. The van der Waals surface area contributed by atoms with Crippen molar-refractivity contribution in [3.05, 3.63) is 95.5 Å². The molecule has 1 amide bonds. The topological polar surface area (TPSA) is 86.5 Å². The molecule has 0 bridgehead atoms. The third-order valence-electron chi connectivity index (χ3n) is 5.29. The maximum Gasteiger partial charge on any atom is 0.249 e. The Bertz CT molecular complexity index is 1280. The van der Waals surface area contributed by atoms with Gasteiger partial charge in [-0.15, -0.1) is 0 Å².